The minimum absolute atomic E-state index is 0.00614. The van der Waals surface area contributed by atoms with Crippen molar-refractivity contribution in [2.24, 2.45) is 0 Å². The molecule has 6 nitrogen and oxygen atoms in total. The van der Waals surface area contributed by atoms with Gasteiger partial charge in [0.15, 0.2) is 9.84 Å². The summed E-state index contributed by atoms with van der Waals surface area (Å²) in [6.45, 7) is 2.62. The van der Waals surface area contributed by atoms with Crippen molar-refractivity contribution in [1.29, 1.82) is 0 Å². The maximum Gasteiger partial charge on any atom is 0.224 e. The summed E-state index contributed by atoms with van der Waals surface area (Å²) in [4.78, 5) is 10.4. The third-order valence-corrected chi connectivity index (χ3v) is 5.09. The highest BCUT2D eigenvalue weighted by molar-refractivity contribution is 7.90. The summed E-state index contributed by atoms with van der Waals surface area (Å²) in [5, 5.41) is 0.180. The highest BCUT2D eigenvalue weighted by Gasteiger charge is 2.29. The number of morpholine rings is 1. The van der Waals surface area contributed by atoms with E-state index in [0.29, 0.717) is 44.1 Å². The fraction of sp³-hybridized carbons (Fsp3) is 0.636. The van der Waals surface area contributed by atoms with E-state index in [0.717, 1.165) is 5.69 Å². The lowest BCUT2D eigenvalue weighted by atomic mass is 10.1. The van der Waals surface area contributed by atoms with Crippen molar-refractivity contribution in [3.8, 4) is 0 Å². The van der Waals surface area contributed by atoms with Gasteiger partial charge >= 0.3 is 0 Å². The van der Waals surface area contributed by atoms with E-state index in [9.17, 15) is 8.42 Å². The van der Waals surface area contributed by atoms with E-state index < -0.39 is 9.84 Å². The Kier molecular flexibility index (Phi) is 3.36. The zero-order chi connectivity index (χ0) is 13.5. The van der Waals surface area contributed by atoms with Crippen molar-refractivity contribution in [3.63, 3.8) is 0 Å². The van der Waals surface area contributed by atoms with Crippen LogP contribution >= 0.6 is 11.6 Å². The van der Waals surface area contributed by atoms with Crippen LogP contribution in [0.4, 0.5) is 5.82 Å². The standard InChI is InChI=1S/C11H14ClN3O3S/c12-11-13-9-1-6-19(16,17)7-8(9)10(14-11)15-2-4-18-5-3-15/h1-7H2. The van der Waals surface area contributed by atoms with Crippen LogP contribution in [0.5, 0.6) is 0 Å². The largest absolute Gasteiger partial charge is 0.378 e. The molecule has 0 spiro atoms. The average Bonchev–Trinajstić information content (AvgIpc) is 2.39. The molecule has 104 valence electrons. The van der Waals surface area contributed by atoms with Crippen LogP contribution in [0, 0.1) is 0 Å². The van der Waals surface area contributed by atoms with Gasteiger partial charge in [-0.3, -0.25) is 0 Å². The molecular weight excluding hydrogens is 290 g/mol. The predicted octanol–water partition coefficient (Wildman–Crippen LogP) is 0.438. The van der Waals surface area contributed by atoms with Gasteiger partial charge in [0.1, 0.15) is 5.82 Å². The summed E-state index contributed by atoms with van der Waals surface area (Å²) in [6, 6.07) is 0. The average molecular weight is 304 g/mol. The number of aryl methyl sites for hydroxylation is 1. The minimum atomic E-state index is -3.05. The Morgan fingerprint density at radius 1 is 1.21 bits per heavy atom. The van der Waals surface area contributed by atoms with Crippen LogP contribution in [0.3, 0.4) is 0 Å². The number of rotatable bonds is 1. The third-order valence-electron chi connectivity index (χ3n) is 3.37. The molecule has 2 aliphatic rings. The SMILES string of the molecule is O=S1(=O)CCc2nc(Cl)nc(N3CCOCC3)c2C1. The highest BCUT2D eigenvalue weighted by Crippen LogP contribution is 2.29. The van der Waals surface area contributed by atoms with Gasteiger partial charge in [-0.25, -0.2) is 18.4 Å². The zero-order valence-corrected chi connectivity index (χ0v) is 11.9. The van der Waals surface area contributed by atoms with Gasteiger partial charge in [0, 0.05) is 25.1 Å². The molecule has 8 heteroatoms. The van der Waals surface area contributed by atoms with Gasteiger partial charge in [0.05, 0.1) is 30.4 Å². The maximum atomic E-state index is 11.8. The quantitative estimate of drug-likeness (QED) is 0.701. The number of halogens is 1. The lowest BCUT2D eigenvalue weighted by Crippen LogP contribution is -2.38. The molecule has 0 radical (unpaired) electrons. The molecule has 0 N–H and O–H groups in total. The lowest BCUT2D eigenvalue weighted by molar-refractivity contribution is 0.122. The molecule has 0 unspecified atom stereocenters. The summed E-state index contributed by atoms with van der Waals surface area (Å²) in [7, 11) is -3.05. The maximum absolute atomic E-state index is 11.8. The molecule has 0 aliphatic carbocycles. The Morgan fingerprint density at radius 2 is 1.95 bits per heavy atom. The van der Waals surface area contributed by atoms with Crippen molar-refractivity contribution in [1.82, 2.24) is 9.97 Å². The van der Waals surface area contributed by atoms with E-state index >= 15 is 0 Å². The first-order valence-electron chi connectivity index (χ1n) is 6.13. The molecule has 0 amide bonds. The number of nitrogens with zero attached hydrogens (tertiary/aromatic N) is 3. The molecule has 0 aromatic carbocycles. The van der Waals surface area contributed by atoms with E-state index in [1.54, 1.807) is 0 Å². The molecule has 1 saturated heterocycles. The smallest absolute Gasteiger partial charge is 0.224 e. The summed E-state index contributed by atoms with van der Waals surface area (Å²) < 4.78 is 28.9. The Morgan fingerprint density at radius 3 is 2.68 bits per heavy atom. The van der Waals surface area contributed by atoms with Crippen molar-refractivity contribution < 1.29 is 13.2 Å². The Hall–Kier alpha value is -0.920. The Balaban J connectivity index is 2.05. The molecule has 0 bridgehead atoms. The Bertz CT molecular complexity index is 599. The number of aromatic nitrogens is 2. The molecular formula is C11H14ClN3O3S. The van der Waals surface area contributed by atoms with E-state index in [1.165, 1.54) is 0 Å². The highest BCUT2D eigenvalue weighted by atomic mass is 35.5. The summed E-state index contributed by atoms with van der Waals surface area (Å²) in [5.41, 5.74) is 1.47. The van der Waals surface area contributed by atoms with Crippen LogP contribution in [0.15, 0.2) is 0 Å². The fourth-order valence-electron chi connectivity index (χ4n) is 2.42. The zero-order valence-electron chi connectivity index (χ0n) is 10.3. The number of hydrogen-bond donors (Lipinski definition) is 0. The first-order chi connectivity index (χ1) is 9.05. The van der Waals surface area contributed by atoms with Crippen LogP contribution < -0.4 is 4.90 Å². The van der Waals surface area contributed by atoms with Gasteiger partial charge in [0.25, 0.3) is 0 Å². The second kappa shape index (κ2) is 4.88. The first-order valence-corrected chi connectivity index (χ1v) is 8.33. The number of sulfone groups is 1. The second-order valence-corrected chi connectivity index (χ2v) is 7.21. The molecule has 3 heterocycles. The van der Waals surface area contributed by atoms with E-state index in [4.69, 9.17) is 16.3 Å². The van der Waals surface area contributed by atoms with E-state index in [1.807, 2.05) is 4.90 Å². The minimum Gasteiger partial charge on any atom is -0.378 e. The first kappa shape index (κ1) is 13.1. The van der Waals surface area contributed by atoms with Crippen LogP contribution in [-0.4, -0.2) is 50.4 Å². The van der Waals surface area contributed by atoms with E-state index in [-0.39, 0.29) is 16.8 Å². The van der Waals surface area contributed by atoms with Crippen molar-refractivity contribution in [2.75, 3.05) is 37.0 Å². The molecule has 1 fully saturated rings. The van der Waals surface area contributed by atoms with Crippen LogP contribution in [-0.2, 0) is 26.7 Å². The topological polar surface area (TPSA) is 72.4 Å². The molecule has 3 rings (SSSR count). The number of ether oxygens (including phenoxy) is 1. The molecule has 1 aromatic rings. The van der Waals surface area contributed by atoms with E-state index in [2.05, 4.69) is 9.97 Å². The predicted molar refractivity (Wildman–Crippen MR) is 71.3 cm³/mol. The monoisotopic (exact) mass is 303 g/mol. The van der Waals surface area contributed by atoms with Gasteiger partial charge < -0.3 is 9.64 Å². The fourth-order valence-corrected chi connectivity index (χ4v) is 3.99. The molecule has 0 saturated carbocycles. The summed E-state index contributed by atoms with van der Waals surface area (Å²) in [6.07, 6.45) is 0.414. The van der Waals surface area contributed by atoms with Gasteiger partial charge in [0.2, 0.25) is 5.28 Å². The second-order valence-electron chi connectivity index (χ2n) is 4.68. The van der Waals surface area contributed by atoms with Gasteiger partial charge in [-0.05, 0) is 11.6 Å². The lowest BCUT2D eigenvalue weighted by Gasteiger charge is -2.31. The molecule has 1 aromatic heterocycles. The molecule has 0 atom stereocenters. The Labute approximate surface area is 116 Å². The van der Waals surface area contributed by atoms with Crippen LogP contribution in [0.1, 0.15) is 11.3 Å². The number of hydrogen-bond acceptors (Lipinski definition) is 6. The number of anilines is 1. The number of fused-ring (bicyclic) bond motifs is 1. The van der Waals surface area contributed by atoms with Gasteiger partial charge in [-0.2, -0.15) is 0 Å². The van der Waals surface area contributed by atoms with Crippen molar-refractivity contribution >= 4 is 27.3 Å². The molecule has 19 heavy (non-hydrogen) atoms. The third kappa shape index (κ3) is 2.68. The van der Waals surface area contributed by atoms with Gasteiger partial charge in [-0.1, -0.05) is 0 Å². The van der Waals surface area contributed by atoms with Crippen LogP contribution in [0.25, 0.3) is 0 Å². The van der Waals surface area contributed by atoms with Crippen LogP contribution in [0.2, 0.25) is 5.28 Å². The molecule has 2 aliphatic heterocycles. The summed E-state index contributed by atoms with van der Waals surface area (Å²) >= 11 is 5.94. The summed E-state index contributed by atoms with van der Waals surface area (Å²) in [5.74, 6) is 0.795. The van der Waals surface area contributed by atoms with Gasteiger partial charge in [-0.15, -0.1) is 0 Å². The van der Waals surface area contributed by atoms with Crippen molar-refractivity contribution in [3.05, 3.63) is 16.5 Å². The normalized spacial score (nSPS) is 22.1. The van der Waals surface area contributed by atoms with Crippen molar-refractivity contribution in [2.45, 2.75) is 12.2 Å².